The maximum atomic E-state index is 14.1. The molecule has 0 radical (unpaired) electrons. The van der Waals surface area contributed by atoms with Gasteiger partial charge in [-0.25, -0.2) is 8.42 Å². The Morgan fingerprint density at radius 1 is 0.927 bits per heavy atom. The van der Waals surface area contributed by atoms with Gasteiger partial charge in [-0.1, -0.05) is 68.8 Å². The summed E-state index contributed by atoms with van der Waals surface area (Å²) in [5.74, 6) is -0.459. The van der Waals surface area contributed by atoms with Crippen LogP contribution in [0.3, 0.4) is 0 Å². The van der Waals surface area contributed by atoms with Crippen LogP contribution in [0.2, 0.25) is 5.02 Å². The fraction of sp³-hybridized carbons (Fsp3) is 0.375. The maximum Gasteiger partial charge on any atom is 0.264 e. The van der Waals surface area contributed by atoms with Crippen LogP contribution in [0.5, 0.6) is 0 Å². The zero-order chi connectivity index (χ0) is 30.2. The Bertz CT molecular complexity index is 1430. The highest BCUT2D eigenvalue weighted by atomic mass is 35.5. The topological polar surface area (TPSA) is 86.8 Å². The van der Waals surface area contributed by atoms with E-state index in [1.807, 2.05) is 71.0 Å². The fourth-order valence-corrected chi connectivity index (χ4v) is 5.99. The first-order valence-electron chi connectivity index (χ1n) is 13.9. The Labute approximate surface area is 249 Å². The molecule has 0 fully saturated rings. The van der Waals surface area contributed by atoms with Gasteiger partial charge in [0.1, 0.15) is 12.6 Å². The number of sulfonamides is 1. The smallest absolute Gasteiger partial charge is 0.264 e. The predicted molar refractivity (Wildman–Crippen MR) is 166 cm³/mol. The molecule has 0 saturated heterocycles. The van der Waals surface area contributed by atoms with Crippen molar-refractivity contribution in [1.82, 2.24) is 10.2 Å². The van der Waals surface area contributed by atoms with Crippen molar-refractivity contribution in [2.24, 2.45) is 5.92 Å². The number of amides is 2. The minimum atomic E-state index is -4.14. The van der Waals surface area contributed by atoms with Crippen molar-refractivity contribution in [3.8, 4) is 0 Å². The number of hydrogen-bond donors (Lipinski definition) is 1. The zero-order valence-electron chi connectivity index (χ0n) is 24.4. The first-order valence-corrected chi connectivity index (χ1v) is 15.7. The van der Waals surface area contributed by atoms with E-state index in [1.165, 1.54) is 29.2 Å². The van der Waals surface area contributed by atoms with Crippen molar-refractivity contribution < 1.29 is 18.0 Å². The highest BCUT2D eigenvalue weighted by Crippen LogP contribution is 2.27. The molecule has 0 aliphatic heterocycles. The Hall–Kier alpha value is -3.36. The molecule has 0 heterocycles. The van der Waals surface area contributed by atoms with Gasteiger partial charge >= 0.3 is 0 Å². The molecule has 41 heavy (non-hydrogen) atoms. The zero-order valence-corrected chi connectivity index (χ0v) is 26.0. The van der Waals surface area contributed by atoms with Crippen molar-refractivity contribution in [3.63, 3.8) is 0 Å². The van der Waals surface area contributed by atoms with E-state index >= 15 is 0 Å². The van der Waals surface area contributed by atoms with Crippen LogP contribution in [0.25, 0.3) is 0 Å². The number of carbonyl (C=O) groups excluding carboxylic acids is 2. The number of anilines is 1. The summed E-state index contributed by atoms with van der Waals surface area (Å²) in [6.45, 7) is 9.98. The van der Waals surface area contributed by atoms with Crippen molar-refractivity contribution in [2.45, 2.75) is 58.4 Å². The summed E-state index contributed by atoms with van der Waals surface area (Å²) < 4.78 is 29.0. The summed E-state index contributed by atoms with van der Waals surface area (Å²) in [7, 11) is -4.14. The average molecular weight is 598 g/mol. The molecule has 7 nitrogen and oxygen atoms in total. The minimum Gasteiger partial charge on any atom is -0.354 e. The largest absolute Gasteiger partial charge is 0.354 e. The van der Waals surface area contributed by atoms with Crippen LogP contribution in [-0.4, -0.2) is 50.8 Å². The van der Waals surface area contributed by atoms with Crippen LogP contribution in [0.15, 0.2) is 77.7 Å². The monoisotopic (exact) mass is 597 g/mol. The standard InChI is InChI=1S/C32H40ClN3O4S/c1-6-30(32(38)34-21-23(2)3)35(19-18-26-10-8-7-9-11-26)31(37)22-36(28-15-12-24(4)25(5)20-28)41(39,40)29-16-13-27(33)14-17-29/h7-17,20,23,30H,6,18-19,21-22H2,1-5H3,(H,34,38). The lowest BCUT2D eigenvalue weighted by atomic mass is 10.1. The molecule has 0 spiro atoms. The normalized spacial score (nSPS) is 12.2. The van der Waals surface area contributed by atoms with E-state index in [2.05, 4.69) is 5.32 Å². The third kappa shape index (κ3) is 8.57. The fourth-order valence-electron chi connectivity index (χ4n) is 4.46. The molecule has 0 aliphatic rings. The van der Waals surface area contributed by atoms with Crippen molar-refractivity contribution in [2.75, 3.05) is 23.9 Å². The molecule has 1 unspecified atom stereocenters. The van der Waals surface area contributed by atoms with E-state index < -0.39 is 28.5 Å². The molecule has 1 N–H and O–H groups in total. The molecular weight excluding hydrogens is 558 g/mol. The lowest BCUT2D eigenvalue weighted by Crippen LogP contribution is -2.53. The van der Waals surface area contributed by atoms with Gasteiger partial charge in [-0.05, 0) is 85.7 Å². The van der Waals surface area contributed by atoms with Crippen molar-refractivity contribution in [3.05, 3.63) is 94.5 Å². The molecule has 2 amide bonds. The molecule has 1 atom stereocenters. The Morgan fingerprint density at radius 2 is 1.59 bits per heavy atom. The predicted octanol–water partition coefficient (Wildman–Crippen LogP) is 5.77. The van der Waals surface area contributed by atoms with Gasteiger partial charge in [0.25, 0.3) is 10.0 Å². The average Bonchev–Trinajstić information content (AvgIpc) is 2.94. The summed E-state index contributed by atoms with van der Waals surface area (Å²) in [6, 6.07) is 20.1. The number of rotatable bonds is 13. The minimum absolute atomic E-state index is 0.0190. The molecule has 0 aliphatic carbocycles. The van der Waals surface area contributed by atoms with Crippen molar-refractivity contribution >= 4 is 39.1 Å². The second-order valence-corrected chi connectivity index (χ2v) is 12.9. The number of nitrogens with one attached hydrogen (secondary N) is 1. The lowest BCUT2D eigenvalue weighted by molar-refractivity contribution is -0.139. The molecule has 0 bridgehead atoms. The second kappa shape index (κ2) is 14.5. The van der Waals surface area contributed by atoms with Crippen LogP contribution < -0.4 is 9.62 Å². The van der Waals surface area contributed by atoms with E-state index in [0.717, 1.165) is 21.0 Å². The van der Waals surface area contributed by atoms with Crippen LogP contribution in [0.4, 0.5) is 5.69 Å². The molecule has 0 aromatic heterocycles. The van der Waals surface area contributed by atoms with Gasteiger partial charge in [-0.3, -0.25) is 13.9 Å². The lowest BCUT2D eigenvalue weighted by Gasteiger charge is -2.33. The summed E-state index contributed by atoms with van der Waals surface area (Å²) in [5.41, 5.74) is 3.28. The maximum absolute atomic E-state index is 14.1. The Morgan fingerprint density at radius 3 is 2.17 bits per heavy atom. The summed E-state index contributed by atoms with van der Waals surface area (Å²) in [6.07, 6.45) is 0.909. The molecule has 9 heteroatoms. The van der Waals surface area contributed by atoms with Gasteiger partial charge in [0.2, 0.25) is 11.8 Å². The summed E-state index contributed by atoms with van der Waals surface area (Å²) >= 11 is 6.03. The van der Waals surface area contributed by atoms with E-state index in [1.54, 1.807) is 12.1 Å². The molecule has 0 saturated carbocycles. The highest BCUT2D eigenvalue weighted by molar-refractivity contribution is 7.92. The third-order valence-electron chi connectivity index (χ3n) is 7.01. The highest BCUT2D eigenvalue weighted by Gasteiger charge is 2.33. The van der Waals surface area contributed by atoms with E-state index in [4.69, 9.17) is 11.6 Å². The van der Waals surface area contributed by atoms with E-state index in [-0.39, 0.29) is 23.3 Å². The first kappa shape index (κ1) is 32.2. The van der Waals surface area contributed by atoms with Gasteiger partial charge in [-0.2, -0.15) is 0 Å². The molecule has 220 valence electrons. The van der Waals surface area contributed by atoms with Gasteiger partial charge in [0.05, 0.1) is 10.6 Å². The summed E-state index contributed by atoms with van der Waals surface area (Å²) in [4.78, 5) is 28.9. The Balaban J connectivity index is 2.02. The van der Waals surface area contributed by atoms with E-state index in [0.29, 0.717) is 30.1 Å². The van der Waals surface area contributed by atoms with Gasteiger partial charge in [0.15, 0.2) is 0 Å². The van der Waals surface area contributed by atoms with Crippen molar-refractivity contribution in [1.29, 1.82) is 0 Å². The Kier molecular flexibility index (Phi) is 11.4. The van der Waals surface area contributed by atoms with Crippen LogP contribution >= 0.6 is 11.6 Å². The number of carbonyl (C=O) groups is 2. The van der Waals surface area contributed by atoms with Crippen LogP contribution in [0, 0.1) is 19.8 Å². The van der Waals surface area contributed by atoms with Crippen LogP contribution in [-0.2, 0) is 26.0 Å². The first-order chi connectivity index (χ1) is 19.4. The van der Waals surface area contributed by atoms with E-state index in [9.17, 15) is 18.0 Å². The number of nitrogens with zero attached hydrogens (tertiary/aromatic N) is 2. The third-order valence-corrected chi connectivity index (χ3v) is 9.05. The molecule has 3 rings (SSSR count). The second-order valence-electron chi connectivity index (χ2n) is 10.6. The van der Waals surface area contributed by atoms with Gasteiger partial charge in [-0.15, -0.1) is 0 Å². The number of halogens is 1. The number of aryl methyl sites for hydroxylation is 2. The molecule has 3 aromatic rings. The van der Waals surface area contributed by atoms with Gasteiger partial charge in [0, 0.05) is 18.1 Å². The molecule has 3 aromatic carbocycles. The SMILES string of the molecule is CCC(C(=O)NCC(C)C)N(CCc1ccccc1)C(=O)CN(c1ccc(C)c(C)c1)S(=O)(=O)c1ccc(Cl)cc1. The number of hydrogen-bond acceptors (Lipinski definition) is 4. The molecular formula is C32H40ClN3O4S. The summed E-state index contributed by atoms with van der Waals surface area (Å²) in [5, 5.41) is 3.36. The quantitative estimate of drug-likeness (QED) is 0.271. The number of benzene rings is 3. The van der Waals surface area contributed by atoms with Gasteiger partial charge < -0.3 is 10.2 Å². The van der Waals surface area contributed by atoms with Crippen LogP contribution in [0.1, 0.15) is 43.9 Å².